The minimum absolute atomic E-state index is 0.381. The molecule has 2 aromatic rings. The summed E-state index contributed by atoms with van der Waals surface area (Å²) in [6, 6.07) is 3.41. The van der Waals surface area contributed by atoms with Crippen LogP contribution in [0.2, 0.25) is 0 Å². The zero-order chi connectivity index (χ0) is 13.0. The van der Waals surface area contributed by atoms with Gasteiger partial charge in [-0.3, -0.25) is 10.8 Å². The summed E-state index contributed by atoms with van der Waals surface area (Å²) in [6.45, 7) is 2.02. The molecule has 1 unspecified atom stereocenters. The number of ether oxygens (including phenoxy) is 1. The maximum Gasteiger partial charge on any atom is 0.237 e. The van der Waals surface area contributed by atoms with E-state index in [-0.39, 0.29) is 6.04 Å². The first kappa shape index (κ1) is 12.5. The number of aryl methyl sites for hydroxylation is 1. The molecular formula is C12H16N4O2. The van der Waals surface area contributed by atoms with Gasteiger partial charge >= 0.3 is 0 Å². The molecule has 6 heteroatoms. The number of furan rings is 1. The van der Waals surface area contributed by atoms with Gasteiger partial charge in [0.2, 0.25) is 5.88 Å². The van der Waals surface area contributed by atoms with Crippen molar-refractivity contribution in [2.45, 2.75) is 19.4 Å². The molecule has 0 aliphatic carbocycles. The molecule has 1 atom stereocenters. The van der Waals surface area contributed by atoms with Gasteiger partial charge < -0.3 is 9.15 Å². The normalized spacial score (nSPS) is 12.4. The Labute approximate surface area is 105 Å². The SMILES string of the molecule is CCc1ccc(C(NN)c2nccnc2OC)o1. The van der Waals surface area contributed by atoms with Crippen molar-refractivity contribution in [3.8, 4) is 5.88 Å². The van der Waals surface area contributed by atoms with Crippen LogP contribution in [0.15, 0.2) is 28.9 Å². The second kappa shape index (κ2) is 5.61. The molecule has 0 bridgehead atoms. The van der Waals surface area contributed by atoms with E-state index in [0.29, 0.717) is 17.3 Å². The average Bonchev–Trinajstić information content (AvgIpc) is 2.89. The molecule has 96 valence electrons. The summed E-state index contributed by atoms with van der Waals surface area (Å²) in [7, 11) is 1.54. The Hall–Kier alpha value is -1.92. The third kappa shape index (κ3) is 2.34. The van der Waals surface area contributed by atoms with E-state index >= 15 is 0 Å². The molecule has 0 aromatic carbocycles. The lowest BCUT2D eigenvalue weighted by molar-refractivity contribution is 0.369. The van der Waals surface area contributed by atoms with Gasteiger partial charge in [-0.05, 0) is 12.1 Å². The van der Waals surface area contributed by atoms with Gasteiger partial charge in [0.25, 0.3) is 0 Å². The number of aromatic nitrogens is 2. The van der Waals surface area contributed by atoms with Crippen LogP contribution in [0.5, 0.6) is 5.88 Å². The topological polar surface area (TPSA) is 86.2 Å². The van der Waals surface area contributed by atoms with Crippen molar-refractivity contribution in [1.82, 2.24) is 15.4 Å². The van der Waals surface area contributed by atoms with Crippen molar-refractivity contribution in [2.24, 2.45) is 5.84 Å². The first-order valence-corrected chi connectivity index (χ1v) is 5.69. The van der Waals surface area contributed by atoms with E-state index in [1.165, 1.54) is 0 Å². The summed E-state index contributed by atoms with van der Waals surface area (Å²) < 4.78 is 10.8. The van der Waals surface area contributed by atoms with E-state index in [4.69, 9.17) is 15.0 Å². The molecule has 3 N–H and O–H groups in total. The molecule has 2 aromatic heterocycles. The Kier molecular flexibility index (Phi) is 3.91. The molecule has 2 heterocycles. The lowest BCUT2D eigenvalue weighted by atomic mass is 10.1. The predicted molar refractivity (Wildman–Crippen MR) is 65.8 cm³/mol. The van der Waals surface area contributed by atoms with E-state index in [1.807, 2.05) is 19.1 Å². The monoisotopic (exact) mass is 248 g/mol. The van der Waals surface area contributed by atoms with Crippen molar-refractivity contribution < 1.29 is 9.15 Å². The fourth-order valence-corrected chi connectivity index (χ4v) is 1.73. The molecule has 0 spiro atoms. The van der Waals surface area contributed by atoms with Crippen LogP contribution >= 0.6 is 0 Å². The third-order valence-electron chi connectivity index (χ3n) is 2.64. The summed E-state index contributed by atoms with van der Waals surface area (Å²) in [5.41, 5.74) is 3.27. The summed E-state index contributed by atoms with van der Waals surface area (Å²) in [5, 5.41) is 0. The van der Waals surface area contributed by atoms with Crippen LogP contribution in [0.1, 0.15) is 30.2 Å². The Bertz CT molecular complexity index is 512. The Balaban J connectivity index is 2.38. The number of rotatable bonds is 5. The fraction of sp³-hybridized carbons (Fsp3) is 0.333. The zero-order valence-electron chi connectivity index (χ0n) is 10.4. The second-order valence-electron chi connectivity index (χ2n) is 3.71. The van der Waals surface area contributed by atoms with Crippen molar-refractivity contribution in [3.05, 3.63) is 41.7 Å². The van der Waals surface area contributed by atoms with E-state index in [1.54, 1.807) is 19.5 Å². The van der Waals surface area contributed by atoms with Crippen LogP contribution < -0.4 is 16.0 Å². The average molecular weight is 248 g/mol. The molecule has 6 nitrogen and oxygen atoms in total. The van der Waals surface area contributed by atoms with E-state index < -0.39 is 0 Å². The van der Waals surface area contributed by atoms with Gasteiger partial charge in [0.15, 0.2) is 0 Å². The number of hydrogen-bond donors (Lipinski definition) is 2. The number of nitrogens with two attached hydrogens (primary N) is 1. The van der Waals surface area contributed by atoms with Gasteiger partial charge in [0.05, 0.1) is 7.11 Å². The van der Waals surface area contributed by atoms with Crippen molar-refractivity contribution in [3.63, 3.8) is 0 Å². The number of hydrogen-bond acceptors (Lipinski definition) is 6. The van der Waals surface area contributed by atoms with Gasteiger partial charge in [-0.15, -0.1) is 0 Å². The molecule has 0 saturated carbocycles. The number of hydrazine groups is 1. The zero-order valence-corrected chi connectivity index (χ0v) is 10.4. The lowest BCUT2D eigenvalue weighted by Crippen LogP contribution is -2.29. The van der Waals surface area contributed by atoms with Gasteiger partial charge in [0, 0.05) is 18.8 Å². The molecule has 18 heavy (non-hydrogen) atoms. The van der Waals surface area contributed by atoms with Crippen LogP contribution in [0.25, 0.3) is 0 Å². The number of nitrogens with zero attached hydrogens (tertiary/aromatic N) is 2. The Morgan fingerprint density at radius 3 is 2.78 bits per heavy atom. The highest BCUT2D eigenvalue weighted by atomic mass is 16.5. The predicted octanol–water partition coefficient (Wildman–Crippen LogP) is 1.19. The molecule has 0 amide bonds. The first-order chi connectivity index (χ1) is 8.80. The van der Waals surface area contributed by atoms with Crippen molar-refractivity contribution >= 4 is 0 Å². The molecule has 0 aliphatic rings. The molecule has 0 fully saturated rings. The smallest absolute Gasteiger partial charge is 0.237 e. The first-order valence-electron chi connectivity index (χ1n) is 5.69. The van der Waals surface area contributed by atoms with E-state index in [0.717, 1.165) is 12.2 Å². The Morgan fingerprint density at radius 1 is 1.39 bits per heavy atom. The fourth-order valence-electron chi connectivity index (χ4n) is 1.73. The quantitative estimate of drug-likeness (QED) is 0.610. The summed E-state index contributed by atoms with van der Waals surface area (Å²) >= 11 is 0. The second-order valence-corrected chi connectivity index (χ2v) is 3.71. The van der Waals surface area contributed by atoms with E-state index in [2.05, 4.69) is 15.4 Å². The van der Waals surface area contributed by atoms with Crippen molar-refractivity contribution in [1.29, 1.82) is 0 Å². The van der Waals surface area contributed by atoms with Crippen LogP contribution in [0.4, 0.5) is 0 Å². The highest BCUT2D eigenvalue weighted by Gasteiger charge is 2.22. The minimum atomic E-state index is -0.381. The lowest BCUT2D eigenvalue weighted by Gasteiger charge is -2.14. The molecule has 0 radical (unpaired) electrons. The van der Waals surface area contributed by atoms with Crippen LogP contribution in [-0.4, -0.2) is 17.1 Å². The van der Waals surface area contributed by atoms with Gasteiger partial charge in [-0.1, -0.05) is 6.92 Å². The molecular weight excluding hydrogens is 232 g/mol. The maximum absolute atomic E-state index is 5.67. The highest BCUT2D eigenvalue weighted by Crippen LogP contribution is 2.27. The molecule has 0 aliphatic heterocycles. The standard InChI is InChI=1S/C12H16N4O2/c1-3-8-4-5-9(18-8)10(16-13)11-12(17-2)15-7-6-14-11/h4-7,10,16H,3,13H2,1-2H3. The third-order valence-corrected chi connectivity index (χ3v) is 2.64. The summed E-state index contributed by atoms with van der Waals surface area (Å²) in [4.78, 5) is 8.34. The molecule has 2 rings (SSSR count). The number of nitrogens with one attached hydrogen (secondary N) is 1. The van der Waals surface area contributed by atoms with Gasteiger partial charge in [0.1, 0.15) is 23.3 Å². The van der Waals surface area contributed by atoms with Crippen LogP contribution in [0.3, 0.4) is 0 Å². The van der Waals surface area contributed by atoms with Gasteiger partial charge in [-0.25, -0.2) is 10.4 Å². The maximum atomic E-state index is 5.67. The van der Waals surface area contributed by atoms with Gasteiger partial charge in [-0.2, -0.15) is 0 Å². The van der Waals surface area contributed by atoms with Crippen LogP contribution in [0, 0.1) is 0 Å². The largest absolute Gasteiger partial charge is 0.480 e. The minimum Gasteiger partial charge on any atom is -0.480 e. The summed E-state index contributed by atoms with van der Waals surface area (Å²) in [6.07, 6.45) is 3.98. The summed E-state index contributed by atoms with van der Waals surface area (Å²) in [5.74, 6) is 7.59. The Morgan fingerprint density at radius 2 is 2.17 bits per heavy atom. The van der Waals surface area contributed by atoms with Crippen LogP contribution in [-0.2, 0) is 6.42 Å². The van der Waals surface area contributed by atoms with Crippen molar-refractivity contribution in [2.75, 3.05) is 7.11 Å². The number of methoxy groups -OCH3 is 1. The molecule has 0 saturated heterocycles. The highest BCUT2D eigenvalue weighted by molar-refractivity contribution is 5.28. The van der Waals surface area contributed by atoms with E-state index in [9.17, 15) is 0 Å².